The Labute approximate surface area is 215 Å². The Morgan fingerprint density at radius 3 is 2.62 bits per heavy atom. The van der Waals surface area contributed by atoms with Crippen molar-refractivity contribution in [2.24, 2.45) is 0 Å². The molecule has 1 heterocycles. The molecule has 0 radical (unpaired) electrons. The first kappa shape index (κ1) is 26.2. The molecule has 0 aliphatic carbocycles. The van der Waals surface area contributed by atoms with Crippen LogP contribution in [0.3, 0.4) is 0 Å². The first-order valence-corrected chi connectivity index (χ1v) is 11.5. The van der Waals surface area contributed by atoms with Gasteiger partial charge in [-0.15, -0.1) is 0 Å². The van der Waals surface area contributed by atoms with E-state index in [1.165, 1.54) is 11.8 Å². The van der Waals surface area contributed by atoms with E-state index >= 15 is 0 Å². The molecule has 0 bridgehead atoms. The van der Waals surface area contributed by atoms with Crippen molar-refractivity contribution in [2.75, 3.05) is 12.0 Å². The summed E-state index contributed by atoms with van der Waals surface area (Å²) >= 11 is 1.53. The van der Waals surface area contributed by atoms with Gasteiger partial charge in [-0.25, -0.2) is 4.98 Å². The zero-order valence-electron chi connectivity index (χ0n) is 18.7. The minimum absolute atomic E-state index is 0. The molecular formula is C24H26N3NaO3S. The third kappa shape index (κ3) is 6.97. The minimum atomic E-state index is -1.27. The number of hydrogen-bond donors (Lipinski definition) is 1. The standard InChI is InChI=1S/C24H27N3O3S.Na/c1-17-5-3-4-6-19(17)21-15-18(9-12-27-13-11-25-16-27)7-8-20(21)23(28)26-22(24(29)30)10-14-31-2;/h3-8,11,13,15-16,22H,9-10,12,14H2,1-2H3,(H,26,28)(H,29,30);/q;+1/p-1/t22-;/m0./s1. The van der Waals surface area contributed by atoms with Crippen molar-refractivity contribution in [3.05, 3.63) is 77.9 Å². The van der Waals surface area contributed by atoms with Crippen LogP contribution in [0.1, 0.15) is 27.9 Å². The van der Waals surface area contributed by atoms with Crippen LogP contribution in [0.4, 0.5) is 0 Å². The monoisotopic (exact) mass is 459 g/mol. The number of rotatable bonds is 10. The predicted molar refractivity (Wildman–Crippen MR) is 122 cm³/mol. The molecule has 6 nitrogen and oxygen atoms in total. The van der Waals surface area contributed by atoms with Crippen molar-refractivity contribution in [2.45, 2.75) is 32.4 Å². The van der Waals surface area contributed by atoms with E-state index < -0.39 is 17.9 Å². The zero-order valence-corrected chi connectivity index (χ0v) is 21.5. The number of nitrogens with zero attached hydrogens (tertiary/aromatic N) is 2. The van der Waals surface area contributed by atoms with Gasteiger partial charge < -0.3 is 19.8 Å². The Morgan fingerprint density at radius 2 is 1.97 bits per heavy atom. The Balaban J connectivity index is 0.00000363. The summed E-state index contributed by atoms with van der Waals surface area (Å²) in [6, 6.07) is 12.6. The molecule has 3 rings (SSSR count). The fourth-order valence-corrected chi connectivity index (χ4v) is 3.91. The van der Waals surface area contributed by atoms with Gasteiger partial charge >= 0.3 is 29.6 Å². The Bertz CT molecular complexity index is 1040. The molecule has 0 aliphatic heterocycles. The zero-order chi connectivity index (χ0) is 22.2. The van der Waals surface area contributed by atoms with Crippen LogP contribution in [0.2, 0.25) is 0 Å². The van der Waals surface area contributed by atoms with Gasteiger partial charge in [0, 0.05) is 24.5 Å². The van der Waals surface area contributed by atoms with Crippen LogP contribution >= 0.6 is 11.8 Å². The minimum Gasteiger partial charge on any atom is -0.548 e. The SMILES string of the molecule is CSCC[C@H](NC(=O)c1ccc(CCn2ccnc2)cc1-c1ccccc1C)C(=O)[O-].[Na+]. The second-order valence-corrected chi connectivity index (χ2v) is 8.36. The van der Waals surface area contributed by atoms with Gasteiger partial charge in [-0.3, -0.25) is 4.79 Å². The number of aliphatic carboxylic acids is 1. The molecule has 1 amide bonds. The van der Waals surface area contributed by atoms with Gasteiger partial charge in [-0.1, -0.05) is 36.4 Å². The Morgan fingerprint density at radius 1 is 1.19 bits per heavy atom. The first-order valence-electron chi connectivity index (χ1n) is 10.1. The number of benzene rings is 2. The maximum atomic E-state index is 13.1. The number of aromatic nitrogens is 2. The molecule has 1 atom stereocenters. The topological polar surface area (TPSA) is 87.0 Å². The number of carbonyl (C=O) groups excluding carboxylic acids is 2. The molecule has 0 saturated carbocycles. The van der Waals surface area contributed by atoms with E-state index in [1.807, 2.05) is 60.3 Å². The molecule has 3 aromatic rings. The summed E-state index contributed by atoms with van der Waals surface area (Å²) in [5.74, 6) is -1.05. The average Bonchev–Trinajstić information content (AvgIpc) is 3.29. The number of hydrogen-bond acceptors (Lipinski definition) is 5. The van der Waals surface area contributed by atoms with Gasteiger partial charge in [0.05, 0.1) is 18.3 Å². The van der Waals surface area contributed by atoms with Crippen LogP contribution in [0.25, 0.3) is 11.1 Å². The number of carboxylic acids is 1. The number of nitrogens with one attached hydrogen (secondary N) is 1. The van der Waals surface area contributed by atoms with E-state index in [0.717, 1.165) is 35.2 Å². The third-order valence-electron chi connectivity index (χ3n) is 5.18. The number of aryl methyl sites for hydroxylation is 3. The molecule has 0 saturated heterocycles. The van der Waals surface area contributed by atoms with Crippen molar-refractivity contribution in [3.63, 3.8) is 0 Å². The van der Waals surface area contributed by atoms with Gasteiger partial charge in [-0.2, -0.15) is 11.8 Å². The van der Waals surface area contributed by atoms with Crippen molar-refractivity contribution >= 4 is 23.6 Å². The van der Waals surface area contributed by atoms with E-state index in [-0.39, 0.29) is 29.6 Å². The van der Waals surface area contributed by atoms with Crippen molar-refractivity contribution < 1.29 is 44.3 Å². The maximum Gasteiger partial charge on any atom is 1.00 e. The molecule has 32 heavy (non-hydrogen) atoms. The van der Waals surface area contributed by atoms with Gasteiger partial charge in [-0.05, 0) is 60.1 Å². The summed E-state index contributed by atoms with van der Waals surface area (Å²) in [4.78, 5) is 28.6. The van der Waals surface area contributed by atoms with Gasteiger partial charge in [0.15, 0.2) is 0 Å². The van der Waals surface area contributed by atoms with E-state index in [9.17, 15) is 14.7 Å². The fraction of sp³-hybridized carbons (Fsp3) is 0.292. The number of imidazole rings is 1. The smallest absolute Gasteiger partial charge is 0.548 e. The molecule has 0 aliphatic rings. The summed E-state index contributed by atoms with van der Waals surface area (Å²) in [7, 11) is 0. The van der Waals surface area contributed by atoms with Gasteiger partial charge in [0.2, 0.25) is 0 Å². The number of thioether (sulfide) groups is 1. The second kappa shape index (κ2) is 12.8. The van der Waals surface area contributed by atoms with Crippen LogP contribution in [0, 0.1) is 6.92 Å². The molecule has 2 aromatic carbocycles. The molecule has 1 N–H and O–H groups in total. The normalized spacial score (nSPS) is 11.4. The average molecular weight is 460 g/mol. The summed E-state index contributed by atoms with van der Waals surface area (Å²) in [5.41, 5.74) is 4.33. The predicted octanol–water partition coefficient (Wildman–Crippen LogP) is -0.293. The van der Waals surface area contributed by atoms with E-state index in [1.54, 1.807) is 18.6 Å². The molecule has 0 spiro atoms. The fourth-order valence-electron chi connectivity index (χ4n) is 3.44. The molecule has 8 heteroatoms. The number of amides is 1. The summed E-state index contributed by atoms with van der Waals surface area (Å²) in [6.45, 7) is 2.78. The largest absolute Gasteiger partial charge is 1.00 e. The van der Waals surface area contributed by atoms with E-state index in [4.69, 9.17) is 0 Å². The van der Waals surface area contributed by atoms with Crippen LogP contribution in [0.5, 0.6) is 0 Å². The Kier molecular flexibility index (Phi) is 10.5. The summed E-state index contributed by atoms with van der Waals surface area (Å²) < 4.78 is 2.00. The third-order valence-corrected chi connectivity index (χ3v) is 5.83. The maximum absolute atomic E-state index is 13.1. The van der Waals surface area contributed by atoms with E-state index in [0.29, 0.717) is 17.7 Å². The summed E-state index contributed by atoms with van der Waals surface area (Å²) in [6.07, 6.45) is 8.44. The van der Waals surface area contributed by atoms with Crippen LogP contribution in [0.15, 0.2) is 61.2 Å². The van der Waals surface area contributed by atoms with Crippen molar-refractivity contribution in [3.8, 4) is 11.1 Å². The second-order valence-electron chi connectivity index (χ2n) is 7.37. The van der Waals surface area contributed by atoms with Gasteiger partial charge in [0.1, 0.15) is 0 Å². The number of carbonyl (C=O) groups is 2. The summed E-state index contributed by atoms with van der Waals surface area (Å²) in [5, 5.41) is 14.1. The quantitative estimate of drug-likeness (QED) is 0.421. The Hall–Kier alpha value is -2.06. The van der Waals surface area contributed by atoms with Gasteiger partial charge in [0.25, 0.3) is 5.91 Å². The van der Waals surface area contributed by atoms with Crippen molar-refractivity contribution in [1.82, 2.24) is 14.9 Å². The first-order chi connectivity index (χ1) is 15.0. The van der Waals surface area contributed by atoms with Crippen LogP contribution in [-0.2, 0) is 17.8 Å². The van der Waals surface area contributed by atoms with Crippen LogP contribution in [-0.4, -0.2) is 39.5 Å². The van der Waals surface area contributed by atoms with Crippen molar-refractivity contribution in [1.29, 1.82) is 0 Å². The molecule has 162 valence electrons. The van der Waals surface area contributed by atoms with E-state index in [2.05, 4.69) is 10.3 Å². The number of carboxylic acid groups (broad SMARTS) is 1. The molecule has 0 unspecified atom stereocenters. The van der Waals surface area contributed by atoms with Crippen LogP contribution < -0.4 is 40.0 Å². The molecule has 0 fully saturated rings. The molecule has 1 aromatic heterocycles. The molecular weight excluding hydrogens is 433 g/mol.